The van der Waals surface area contributed by atoms with Crippen molar-refractivity contribution in [3.63, 3.8) is 0 Å². The summed E-state index contributed by atoms with van der Waals surface area (Å²) in [5.41, 5.74) is 6.16. The number of nitrogens with zero attached hydrogens (tertiary/aromatic N) is 1. The second-order valence-electron chi connectivity index (χ2n) is 12.1. The fourth-order valence-corrected chi connectivity index (χ4v) is 6.42. The minimum absolute atomic E-state index is 0.126. The van der Waals surface area contributed by atoms with E-state index in [0.717, 1.165) is 52.2 Å². The Morgan fingerprint density at radius 1 is 0.833 bits per heavy atom. The standard InChI is InChI=1S/C31H34ClNO3/c1-18-7-9-19(10-8-18)27-28-22(14-30(2,3)16-24(28)34)33(20-11-12-26(36-6)21(32)13-20)23-15-31(4,5)17-25(35)29(23)27/h7-13,27H,14-17H2,1-6H3. The molecule has 1 heterocycles. The number of anilines is 1. The third-order valence-corrected chi connectivity index (χ3v) is 8.01. The molecule has 5 heteroatoms. The summed E-state index contributed by atoms with van der Waals surface area (Å²) in [5, 5.41) is 0.503. The molecule has 0 bridgehead atoms. The second kappa shape index (κ2) is 8.62. The summed E-state index contributed by atoms with van der Waals surface area (Å²) in [6.45, 7) is 10.6. The Morgan fingerprint density at radius 2 is 1.36 bits per heavy atom. The minimum Gasteiger partial charge on any atom is -0.495 e. The van der Waals surface area contributed by atoms with E-state index in [1.807, 2.05) is 18.2 Å². The largest absolute Gasteiger partial charge is 0.495 e. The second-order valence-corrected chi connectivity index (χ2v) is 12.5. The highest BCUT2D eigenvalue weighted by Crippen LogP contribution is 2.55. The van der Waals surface area contributed by atoms with Crippen LogP contribution in [0.2, 0.25) is 5.02 Å². The van der Waals surface area contributed by atoms with E-state index in [-0.39, 0.29) is 28.3 Å². The topological polar surface area (TPSA) is 46.6 Å². The first-order chi connectivity index (χ1) is 16.9. The van der Waals surface area contributed by atoms with E-state index >= 15 is 0 Å². The summed E-state index contributed by atoms with van der Waals surface area (Å²) in [5.74, 6) is 0.507. The molecule has 3 aliphatic rings. The van der Waals surface area contributed by atoms with Gasteiger partial charge in [0.05, 0.1) is 12.1 Å². The van der Waals surface area contributed by atoms with Crippen molar-refractivity contribution < 1.29 is 14.3 Å². The van der Waals surface area contributed by atoms with Crippen LogP contribution in [0.4, 0.5) is 5.69 Å². The number of rotatable bonds is 3. The molecule has 0 spiro atoms. The van der Waals surface area contributed by atoms with Gasteiger partial charge in [-0.2, -0.15) is 0 Å². The lowest BCUT2D eigenvalue weighted by Gasteiger charge is -2.49. The molecular weight excluding hydrogens is 470 g/mol. The van der Waals surface area contributed by atoms with Crippen molar-refractivity contribution in [3.8, 4) is 5.75 Å². The fourth-order valence-electron chi connectivity index (χ4n) is 6.16. The predicted molar refractivity (Wildman–Crippen MR) is 144 cm³/mol. The van der Waals surface area contributed by atoms with Crippen LogP contribution in [0.3, 0.4) is 0 Å². The molecule has 0 aromatic heterocycles. The molecule has 5 rings (SSSR count). The van der Waals surface area contributed by atoms with Crippen LogP contribution in [0.1, 0.15) is 70.4 Å². The summed E-state index contributed by atoms with van der Waals surface area (Å²) in [6.07, 6.45) is 2.42. The van der Waals surface area contributed by atoms with Gasteiger partial charge in [0, 0.05) is 47.0 Å². The minimum atomic E-state index is -0.340. The lowest BCUT2D eigenvalue weighted by Crippen LogP contribution is -2.44. The maximum atomic E-state index is 13.9. The van der Waals surface area contributed by atoms with Gasteiger partial charge in [-0.25, -0.2) is 0 Å². The van der Waals surface area contributed by atoms with Gasteiger partial charge in [-0.1, -0.05) is 69.1 Å². The van der Waals surface area contributed by atoms with Crippen molar-refractivity contribution in [1.29, 1.82) is 0 Å². The molecule has 188 valence electrons. The van der Waals surface area contributed by atoms with Gasteiger partial charge in [-0.3, -0.25) is 9.59 Å². The van der Waals surface area contributed by atoms with Crippen LogP contribution in [-0.2, 0) is 9.59 Å². The zero-order valence-electron chi connectivity index (χ0n) is 22.0. The molecule has 2 aromatic rings. The molecule has 4 nitrogen and oxygen atoms in total. The van der Waals surface area contributed by atoms with Crippen molar-refractivity contribution in [3.05, 3.63) is 81.2 Å². The third kappa shape index (κ3) is 4.20. The van der Waals surface area contributed by atoms with E-state index in [9.17, 15) is 9.59 Å². The van der Waals surface area contributed by atoms with Crippen LogP contribution in [0.5, 0.6) is 5.75 Å². The first kappa shape index (κ1) is 24.8. The predicted octanol–water partition coefficient (Wildman–Crippen LogP) is 7.55. The zero-order valence-corrected chi connectivity index (χ0v) is 22.8. The number of allylic oxidation sites excluding steroid dienone is 4. The van der Waals surface area contributed by atoms with Crippen LogP contribution in [-0.4, -0.2) is 18.7 Å². The average Bonchev–Trinajstić information content (AvgIpc) is 2.76. The molecule has 0 fully saturated rings. The van der Waals surface area contributed by atoms with Gasteiger partial charge in [-0.05, 0) is 54.4 Å². The van der Waals surface area contributed by atoms with Gasteiger partial charge in [0.1, 0.15) is 5.75 Å². The number of carbonyl (C=O) groups excluding carboxylic acids is 2. The molecular formula is C31H34ClNO3. The van der Waals surface area contributed by atoms with Gasteiger partial charge < -0.3 is 9.64 Å². The normalized spacial score (nSPS) is 21.5. The van der Waals surface area contributed by atoms with Crippen LogP contribution < -0.4 is 9.64 Å². The van der Waals surface area contributed by atoms with Gasteiger partial charge in [0.2, 0.25) is 0 Å². The van der Waals surface area contributed by atoms with E-state index in [0.29, 0.717) is 23.6 Å². The number of ether oxygens (including phenoxy) is 1. The van der Waals surface area contributed by atoms with Gasteiger partial charge in [0.25, 0.3) is 0 Å². The van der Waals surface area contributed by atoms with Crippen LogP contribution in [0.15, 0.2) is 65.0 Å². The summed E-state index contributed by atoms with van der Waals surface area (Å²) < 4.78 is 5.40. The Morgan fingerprint density at radius 3 is 1.83 bits per heavy atom. The van der Waals surface area contributed by atoms with E-state index < -0.39 is 0 Å². The SMILES string of the molecule is COc1ccc(N2C3=C(C(=O)CC(C)(C)C3)C(c3ccc(C)cc3)C3=C2CC(C)(C)CC3=O)cc1Cl. The van der Waals surface area contributed by atoms with Gasteiger partial charge >= 0.3 is 0 Å². The lowest BCUT2D eigenvalue weighted by molar-refractivity contribution is -0.119. The molecule has 0 saturated carbocycles. The monoisotopic (exact) mass is 503 g/mol. The Bertz CT molecular complexity index is 1280. The summed E-state index contributed by atoms with van der Waals surface area (Å²) >= 11 is 6.59. The smallest absolute Gasteiger partial charge is 0.162 e. The van der Waals surface area contributed by atoms with Gasteiger partial charge in [0.15, 0.2) is 11.6 Å². The number of hydrogen-bond donors (Lipinski definition) is 0. The number of hydrogen-bond acceptors (Lipinski definition) is 4. The molecule has 36 heavy (non-hydrogen) atoms. The summed E-state index contributed by atoms with van der Waals surface area (Å²) in [7, 11) is 1.60. The molecule has 0 saturated heterocycles. The molecule has 0 N–H and O–H groups in total. The van der Waals surface area contributed by atoms with E-state index in [2.05, 4.69) is 63.8 Å². The maximum absolute atomic E-state index is 13.9. The van der Waals surface area contributed by atoms with Crippen LogP contribution in [0, 0.1) is 17.8 Å². The summed E-state index contributed by atoms with van der Waals surface area (Å²) in [6, 6.07) is 14.0. The molecule has 2 aromatic carbocycles. The molecule has 2 aliphatic carbocycles. The van der Waals surface area contributed by atoms with Crippen molar-refractivity contribution >= 4 is 28.9 Å². The van der Waals surface area contributed by atoms with Crippen LogP contribution in [0.25, 0.3) is 0 Å². The number of benzene rings is 2. The van der Waals surface area contributed by atoms with E-state index in [4.69, 9.17) is 16.3 Å². The molecule has 0 radical (unpaired) electrons. The molecule has 0 unspecified atom stereocenters. The third-order valence-electron chi connectivity index (χ3n) is 7.71. The molecule has 1 aliphatic heterocycles. The zero-order chi connectivity index (χ0) is 26.0. The first-order valence-electron chi connectivity index (χ1n) is 12.6. The van der Waals surface area contributed by atoms with Crippen molar-refractivity contribution in [1.82, 2.24) is 0 Å². The Labute approximate surface area is 219 Å². The van der Waals surface area contributed by atoms with Gasteiger partial charge in [-0.15, -0.1) is 0 Å². The van der Waals surface area contributed by atoms with E-state index in [1.165, 1.54) is 0 Å². The highest BCUT2D eigenvalue weighted by molar-refractivity contribution is 6.32. The Hall–Kier alpha value is -2.85. The number of methoxy groups -OCH3 is 1. The number of halogens is 1. The average molecular weight is 504 g/mol. The Kier molecular flexibility index (Phi) is 5.95. The molecule has 0 atom stereocenters. The van der Waals surface area contributed by atoms with Crippen molar-refractivity contribution in [2.45, 2.75) is 66.2 Å². The van der Waals surface area contributed by atoms with E-state index in [1.54, 1.807) is 7.11 Å². The highest BCUT2D eigenvalue weighted by atomic mass is 35.5. The van der Waals surface area contributed by atoms with Crippen LogP contribution >= 0.6 is 11.6 Å². The summed E-state index contributed by atoms with van der Waals surface area (Å²) in [4.78, 5) is 29.9. The molecule has 0 amide bonds. The Balaban J connectivity index is 1.82. The quantitative estimate of drug-likeness (QED) is 0.434. The van der Waals surface area contributed by atoms with Crippen molar-refractivity contribution in [2.75, 3.05) is 12.0 Å². The highest BCUT2D eigenvalue weighted by Gasteiger charge is 2.49. The lowest BCUT2D eigenvalue weighted by atomic mass is 9.63. The fraction of sp³-hybridized carbons (Fsp3) is 0.419. The number of Topliss-reactive ketones (excluding diaryl/α,β-unsaturated/α-hetero) is 2. The van der Waals surface area contributed by atoms with Crippen molar-refractivity contribution in [2.24, 2.45) is 10.8 Å². The first-order valence-corrected chi connectivity index (χ1v) is 13.0. The maximum Gasteiger partial charge on any atom is 0.162 e. The number of carbonyl (C=O) groups is 2. The number of aryl methyl sites for hydroxylation is 1. The number of ketones is 2.